The molecule has 1 aromatic rings. The Labute approximate surface area is 105 Å². The maximum Gasteiger partial charge on any atom is 0.0913 e. The van der Waals surface area contributed by atoms with Gasteiger partial charge in [0.2, 0.25) is 0 Å². The van der Waals surface area contributed by atoms with Crippen LogP contribution < -0.4 is 5.32 Å². The number of hydrogen-bond acceptors (Lipinski definition) is 3. The molecule has 1 heterocycles. The summed E-state index contributed by atoms with van der Waals surface area (Å²) in [6.45, 7) is 4.29. The fraction of sp³-hybridized carbons (Fsp3) is 0.667. The van der Waals surface area contributed by atoms with Crippen molar-refractivity contribution in [1.29, 1.82) is 0 Å². The molecule has 0 saturated heterocycles. The van der Waals surface area contributed by atoms with Crippen molar-refractivity contribution in [2.45, 2.75) is 48.6 Å². The minimum atomic E-state index is -0.866. The van der Waals surface area contributed by atoms with E-state index in [4.69, 9.17) is 0 Å². The van der Waals surface area contributed by atoms with Crippen LogP contribution in [0.4, 0.5) is 0 Å². The minimum absolute atomic E-state index is 0.226. The molecule has 0 aliphatic heterocycles. The number of thiophene rings is 1. The van der Waals surface area contributed by atoms with Crippen molar-refractivity contribution in [3.8, 4) is 0 Å². The molecule has 4 heteroatoms. The summed E-state index contributed by atoms with van der Waals surface area (Å²) in [4.78, 5) is 0. The van der Waals surface area contributed by atoms with Gasteiger partial charge in [0, 0.05) is 6.04 Å². The number of hydrogen-bond donors (Lipinski definition) is 1. The average Bonchev–Trinajstić information content (AvgIpc) is 2.82. The molecule has 0 spiro atoms. The summed E-state index contributed by atoms with van der Waals surface area (Å²) in [5.74, 6) is 0. The molecule has 0 aromatic carbocycles. The molecule has 0 aliphatic rings. The van der Waals surface area contributed by atoms with Crippen LogP contribution in [0.2, 0.25) is 0 Å². The highest BCUT2D eigenvalue weighted by Crippen LogP contribution is 2.22. The van der Waals surface area contributed by atoms with E-state index in [9.17, 15) is 4.21 Å². The highest BCUT2D eigenvalue weighted by molar-refractivity contribution is 7.88. The molecule has 1 aromatic heterocycles. The normalized spacial score (nSPS) is 16.9. The Morgan fingerprint density at radius 3 is 2.69 bits per heavy atom. The quantitative estimate of drug-likeness (QED) is 0.815. The lowest BCUT2D eigenvalue weighted by Gasteiger charge is -2.24. The molecule has 1 rings (SSSR count). The fourth-order valence-electron chi connectivity index (χ4n) is 1.94. The monoisotopic (exact) mass is 259 g/mol. The average molecular weight is 259 g/mol. The molecule has 1 N–H and O–H groups in total. The van der Waals surface area contributed by atoms with E-state index in [2.05, 4.69) is 19.2 Å². The zero-order chi connectivity index (χ0) is 12.0. The van der Waals surface area contributed by atoms with Gasteiger partial charge in [0.25, 0.3) is 0 Å². The third-order valence-corrected chi connectivity index (χ3v) is 5.98. The van der Waals surface area contributed by atoms with Gasteiger partial charge >= 0.3 is 0 Å². The molecule has 16 heavy (non-hydrogen) atoms. The third kappa shape index (κ3) is 3.40. The zero-order valence-corrected chi connectivity index (χ0v) is 11.9. The van der Waals surface area contributed by atoms with Crippen LogP contribution in [0.3, 0.4) is 0 Å². The van der Waals surface area contributed by atoms with E-state index in [0.29, 0.717) is 6.04 Å². The van der Waals surface area contributed by atoms with Crippen LogP contribution >= 0.6 is 11.3 Å². The van der Waals surface area contributed by atoms with E-state index in [-0.39, 0.29) is 5.25 Å². The lowest BCUT2D eigenvalue weighted by molar-refractivity contribution is 0.481. The predicted octanol–water partition coefficient (Wildman–Crippen LogP) is 3.02. The Kier molecular flexibility index (Phi) is 6.24. The van der Waals surface area contributed by atoms with E-state index in [1.807, 2.05) is 24.6 Å². The van der Waals surface area contributed by atoms with Crippen LogP contribution in [0.5, 0.6) is 0 Å². The van der Waals surface area contributed by atoms with Crippen molar-refractivity contribution in [2.24, 2.45) is 0 Å². The topological polar surface area (TPSA) is 29.1 Å². The predicted molar refractivity (Wildman–Crippen MR) is 72.6 cm³/mol. The lowest BCUT2D eigenvalue weighted by Crippen LogP contribution is -2.39. The van der Waals surface area contributed by atoms with Crippen molar-refractivity contribution >= 4 is 22.1 Å². The minimum Gasteiger partial charge on any atom is -0.316 e. The summed E-state index contributed by atoms with van der Waals surface area (Å²) in [6.07, 6.45) is 3.17. The smallest absolute Gasteiger partial charge is 0.0913 e. The van der Waals surface area contributed by atoms with Crippen LogP contribution in [0.1, 0.15) is 33.1 Å². The standard InChI is InChI=1S/C12H21NOS2/c1-4-7-10(13-3)11(5-2)16(14)12-8-6-9-15-12/h6,8-11,13H,4-5,7H2,1-3H3. The molecule has 0 radical (unpaired) electrons. The first kappa shape index (κ1) is 13.9. The second-order valence-corrected chi connectivity index (χ2v) is 6.71. The molecular weight excluding hydrogens is 238 g/mol. The summed E-state index contributed by atoms with van der Waals surface area (Å²) >= 11 is 1.59. The van der Waals surface area contributed by atoms with Crippen molar-refractivity contribution in [2.75, 3.05) is 7.05 Å². The Bertz CT molecular complexity index is 311. The highest BCUT2D eigenvalue weighted by Gasteiger charge is 2.25. The summed E-state index contributed by atoms with van der Waals surface area (Å²) < 4.78 is 13.4. The first-order chi connectivity index (χ1) is 7.74. The second-order valence-electron chi connectivity index (χ2n) is 3.86. The van der Waals surface area contributed by atoms with Gasteiger partial charge in [0.15, 0.2) is 0 Å². The fourth-order valence-corrected chi connectivity index (χ4v) is 4.69. The van der Waals surface area contributed by atoms with E-state index in [1.165, 1.54) is 0 Å². The largest absolute Gasteiger partial charge is 0.316 e. The summed E-state index contributed by atoms with van der Waals surface area (Å²) in [7, 11) is 1.10. The van der Waals surface area contributed by atoms with Gasteiger partial charge in [0.05, 0.1) is 20.3 Å². The first-order valence-corrected chi connectivity index (χ1v) is 7.95. The molecule has 0 amide bonds. The van der Waals surface area contributed by atoms with Crippen LogP contribution in [0.25, 0.3) is 0 Å². The molecule has 0 fully saturated rings. The molecule has 2 nitrogen and oxygen atoms in total. The maximum atomic E-state index is 12.4. The Hall–Kier alpha value is -0.190. The maximum absolute atomic E-state index is 12.4. The van der Waals surface area contributed by atoms with Gasteiger partial charge in [-0.3, -0.25) is 4.21 Å². The molecule has 3 unspecified atom stereocenters. The number of nitrogens with one attached hydrogen (secondary N) is 1. The van der Waals surface area contributed by atoms with Gasteiger partial charge in [-0.15, -0.1) is 11.3 Å². The van der Waals surface area contributed by atoms with Crippen LogP contribution in [-0.2, 0) is 10.8 Å². The molecule has 0 saturated carbocycles. The van der Waals surface area contributed by atoms with Gasteiger partial charge < -0.3 is 5.32 Å². The van der Waals surface area contributed by atoms with Gasteiger partial charge in [-0.1, -0.05) is 26.3 Å². The van der Waals surface area contributed by atoms with Gasteiger partial charge in [-0.05, 0) is 31.3 Å². The van der Waals surface area contributed by atoms with Crippen molar-refractivity contribution < 1.29 is 4.21 Å². The van der Waals surface area contributed by atoms with E-state index < -0.39 is 10.8 Å². The van der Waals surface area contributed by atoms with Gasteiger partial charge in [0.1, 0.15) is 0 Å². The summed E-state index contributed by atoms with van der Waals surface area (Å²) in [5, 5.41) is 5.53. The van der Waals surface area contributed by atoms with Crippen molar-refractivity contribution in [1.82, 2.24) is 5.32 Å². The SMILES string of the molecule is CCCC(NC)C(CC)S(=O)c1cccs1. The lowest BCUT2D eigenvalue weighted by atomic mass is 10.1. The van der Waals surface area contributed by atoms with E-state index in [0.717, 1.165) is 23.5 Å². The molecule has 3 atom stereocenters. The van der Waals surface area contributed by atoms with Crippen molar-refractivity contribution in [3.63, 3.8) is 0 Å². The summed E-state index contributed by atoms with van der Waals surface area (Å²) in [6, 6.07) is 4.30. The molecular formula is C12H21NOS2. The summed E-state index contributed by atoms with van der Waals surface area (Å²) in [5.41, 5.74) is 0. The zero-order valence-electron chi connectivity index (χ0n) is 10.2. The number of rotatable bonds is 7. The Balaban J connectivity index is 2.76. The second kappa shape index (κ2) is 7.20. The first-order valence-electron chi connectivity index (χ1n) is 5.85. The Morgan fingerprint density at radius 1 is 1.50 bits per heavy atom. The van der Waals surface area contributed by atoms with Gasteiger partial charge in [-0.25, -0.2) is 0 Å². The van der Waals surface area contributed by atoms with Crippen molar-refractivity contribution in [3.05, 3.63) is 17.5 Å². The molecule has 0 aliphatic carbocycles. The molecule has 92 valence electrons. The van der Waals surface area contributed by atoms with Crippen LogP contribution in [0.15, 0.2) is 21.7 Å². The highest BCUT2D eigenvalue weighted by atomic mass is 32.2. The van der Waals surface area contributed by atoms with Crippen LogP contribution in [-0.4, -0.2) is 22.5 Å². The van der Waals surface area contributed by atoms with Crippen LogP contribution in [0, 0.1) is 0 Å². The van der Waals surface area contributed by atoms with Gasteiger partial charge in [-0.2, -0.15) is 0 Å². The Morgan fingerprint density at radius 2 is 2.25 bits per heavy atom. The molecule has 0 bridgehead atoms. The van der Waals surface area contributed by atoms with E-state index in [1.54, 1.807) is 11.3 Å². The third-order valence-electron chi connectivity index (χ3n) is 2.79. The van der Waals surface area contributed by atoms with E-state index >= 15 is 0 Å².